The van der Waals surface area contributed by atoms with Gasteiger partial charge in [0.15, 0.2) is 0 Å². The van der Waals surface area contributed by atoms with Gasteiger partial charge in [0.1, 0.15) is 10.6 Å². The van der Waals surface area contributed by atoms with Crippen LogP contribution < -0.4 is 5.73 Å². The van der Waals surface area contributed by atoms with Gasteiger partial charge in [0.25, 0.3) is 0 Å². The first-order valence-electron chi connectivity index (χ1n) is 5.19. The molecule has 0 aliphatic rings. The Bertz CT molecular complexity index is 523. The van der Waals surface area contributed by atoms with E-state index in [1.807, 2.05) is 23.6 Å². The van der Waals surface area contributed by atoms with Crippen molar-refractivity contribution in [2.75, 3.05) is 12.3 Å². The summed E-state index contributed by atoms with van der Waals surface area (Å²) < 4.78 is 4.99. The average molecular weight is 248 g/mol. The Morgan fingerprint density at radius 1 is 1.53 bits per heavy atom. The minimum atomic E-state index is -0.396. The van der Waals surface area contributed by atoms with Crippen LogP contribution in [0.15, 0.2) is 29.8 Å². The molecule has 0 saturated carbocycles. The fourth-order valence-electron chi connectivity index (χ4n) is 1.50. The molecular formula is C12H12N2O2S. The third-order valence-electron chi connectivity index (χ3n) is 2.24. The highest BCUT2D eigenvalue weighted by Gasteiger charge is 2.20. The van der Waals surface area contributed by atoms with Crippen molar-refractivity contribution in [2.45, 2.75) is 6.92 Å². The smallest absolute Gasteiger partial charge is 0.341 e. The van der Waals surface area contributed by atoms with E-state index in [1.165, 1.54) is 11.3 Å². The Labute approximate surface area is 103 Å². The number of pyridine rings is 1. The van der Waals surface area contributed by atoms with Crippen molar-refractivity contribution in [3.05, 3.63) is 35.3 Å². The van der Waals surface area contributed by atoms with Crippen LogP contribution in [0.5, 0.6) is 0 Å². The van der Waals surface area contributed by atoms with Crippen LogP contribution in [0.3, 0.4) is 0 Å². The van der Waals surface area contributed by atoms with E-state index in [0.717, 1.165) is 11.3 Å². The van der Waals surface area contributed by atoms with Gasteiger partial charge in [0.05, 0.1) is 12.3 Å². The molecule has 2 aromatic heterocycles. The molecule has 0 radical (unpaired) electrons. The van der Waals surface area contributed by atoms with E-state index in [0.29, 0.717) is 17.2 Å². The van der Waals surface area contributed by atoms with Gasteiger partial charge < -0.3 is 10.5 Å². The van der Waals surface area contributed by atoms with Gasteiger partial charge in [-0.05, 0) is 19.1 Å². The van der Waals surface area contributed by atoms with Crippen LogP contribution in [0.4, 0.5) is 5.00 Å². The van der Waals surface area contributed by atoms with Crippen LogP contribution in [0, 0.1) is 0 Å². The van der Waals surface area contributed by atoms with Crippen LogP contribution in [0.25, 0.3) is 11.3 Å². The fraction of sp³-hybridized carbons (Fsp3) is 0.167. The highest BCUT2D eigenvalue weighted by molar-refractivity contribution is 7.14. The van der Waals surface area contributed by atoms with E-state index in [9.17, 15) is 4.79 Å². The number of anilines is 1. The molecule has 0 saturated heterocycles. The Morgan fingerprint density at radius 3 is 3.00 bits per heavy atom. The number of nitrogens with two attached hydrogens (primary N) is 1. The van der Waals surface area contributed by atoms with Crippen molar-refractivity contribution in [1.29, 1.82) is 0 Å². The lowest BCUT2D eigenvalue weighted by molar-refractivity contribution is 0.0529. The Balaban J connectivity index is 2.46. The molecule has 2 aromatic rings. The third kappa shape index (κ3) is 2.29. The molecule has 0 aliphatic heterocycles. The molecule has 4 nitrogen and oxygen atoms in total. The second-order valence-corrected chi connectivity index (χ2v) is 4.24. The molecule has 0 amide bonds. The molecule has 2 heterocycles. The van der Waals surface area contributed by atoms with Gasteiger partial charge in [-0.3, -0.25) is 4.98 Å². The number of ether oxygens (including phenoxy) is 1. The van der Waals surface area contributed by atoms with E-state index >= 15 is 0 Å². The summed E-state index contributed by atoms with van der Waals surface area (Å²) in [5, 5.41) is 2.29. The summed E-state index contributed by atoms with van der Waals surface area (Å²) in [6.45, 7) is 2.09. The standard InChI is InChI=1S/C12H12N2O2S/c1-2-16-12(15)10-8(7-17-11(10)13)9-5-3-4-6-14-9/h3-7H,2,13H2,1H3. The predicted octanol–water partition coefficient (Wildman–Crippen LogP) is 2.57. The fourth-order valence-corrected chi connectivity index (χ4v) is 2.29. The number of nitrogens with zero attached hydrogens (tertiary/aromatic N) is 1. The predicted molar refractivity (Wildman–Crippen MR) is 67.9 cm³/mol. The Kier molecular flexibility index (Phi) is 3.39. The number of rotatable bonds is 3. The molecule has 0 atom stereocenters. The summed E-state index contributed by atoms with van der Waals surface area (Å²) in [6.07, 6.45) is 1.68. The summed E-state index contributed by atoms with van der Waals surface area (Å²) in [5.41, 5.74) is 7.67. The summed E-state index contributed by atoms with van der Waals surface area (Å²) in [7, 11) is 0. The maximum atomic E-state index is 11.8. The summed E-state index contributed by atoms with van der Waals surface area (Å²) in [5.74, 6) is -0.396. The molecule has 88 valence electrons. The number of esters is 1. The number of carbonyl (C=O) groups is 1. The lowest BCUT2D eigenvalue weighted by Gasteiger charge is -2.04. The lowest BCUT2D eigenvalue weighted by atomic mass is 10.1. The van der Waals surface area contributed by atoms with Crippen molar-refractivity contribution in [3.8, 4) is 11.3 Å². The number of carbonyl (C=O) groups excluding carboxylic acids is 1. The number of nitrogen functional groups attached to an aromatic ring is 1. The molecule has 2 rings (SSSR count). The minimum Gasteiger partial charge on any atom is -0.462 e. The minimum absolute atomic E-state index is 0.329. The zero-order valence-electron chi connectivity index (χ0n) is 9.34. The second-order valence-electron chi connectivity index (χ2n) is 3.32. The Hall–Kier alpha value is -1.88. The maximum Gasteiger partial charge on any atom is 0.341 e. The van der Waals surface area contributed by atoms with Gasteiger partial charge in [-0.2, -0.15) is 0 Å². The van der Waals surface area contributed by atoms with Crippen LogP contribution in [0.1, 0.15) is 17.3 Å². The zero-order valence-corrected chi connectivity index (χ0v) is 10.2. The Morgan fingerprint density at radius 2 is 2.35 bits per heavy atom. The molecular weight excluding hydrogens is 236 g/mol. The van der Waals surface area contributed by atoms with E-state index in [-0.39, 0.29) is 0 Å². The first-order chi connectivity index (χ1) is 8.24. The monoisotopic (exact) mass is 248 g/mol. The normalized spacial score (nSPS) is 10.2. The molecule has 0 aromatic carbocycles. The van der Waals surface area contributed by atoms with E-state index < -0.39 is 5.97 Å². The average Bonchev–Trinajstić information content (AvgIpc) is 2.73. The summed E-state index contributed by atoms with van der Waals surface area (Å²) in [6, 6.07) is 5.53. The van der Waals surface area contributed by atoms with E-state index in [1.54, 1.807) is 13.1 Å². The largest absolute Gasteiger partial charge is 0.462 e. The third-order valence-corrected chi connectivity index (χ3v) is 3.05. The van der Waals surface area contributed by atoms with E-state index in [4.69, 9.17) is 10.5 Å². The van der Waals surface area contributed by atoms with Gasteiger partial charge in [-0.15, -0.1) is 11.3 Å². The SMILES string of the molecule is CCOC(=O)c1c(-c2ccccn2)csc1N. The highest BCUT2D eigenvalue weighted by Crippen LogP contribution is 2.32. The number of aromatic nitrogens is 1. The van der Waals surface area contributed by atoms with Crippen LogP contribution in [-0.2, 0) is 4.74 Å². The van der Waals surface area contributed by atoms with Crippen molar-refractivity contribution < 1.29 is 9.53 Å². The van der Waals surface area contributed by atoms with Crippen molar-refractivity contribution in [2.24, 2.45) is 0 Å². The first-order valence-corrected chi connectivity index (χ1v) is 6.07. The highest BCUT2D eigenvalue weighted by atomic mass is 32.1. The lowest BCUT2D eigenvalue weighted by Crippen LogP contribution is -2.07. The number of hydrogen-bond acceptors (Lipinski definition) is 5. The van der Waals surface area contributed by atoms with Crippen molar-refractivity contribution in [3.63, 3.8) is 0 Å². The first kappa shape index (κ1) is 11.6. The number of thiophene rings is 1. The molecule has 17 heavy (non-hydrogen) atoms. The van der Waals surface area contributed by atoms with Crippen LogP contribution in [0.2, 0.25) is 0 Å². The second kappa shape index (κ2) is 4.97. The van der Waals surface area contributed by atoms with Crippen LogP contribution >= 0.6 is 11.3 Å². The van der Waals surface area contributed by atoms with Gasteiger partial charge in [-0.25, -0.2) is 4.79 Å². The van der Waals surface area contributed by atoms with Crippen molar-refractivity contribution in [1.82, 2.24) is 4.98 Å². The van der Waals surface area contributed by atoms with Crippen molar-refractivity contribution >= 4 is 22.3 Å². The molecule has 0 bridgehead atoms. The molecule has 5 heteroatoms. The zero-order chi connectivity index (χ0) is 12.3. The van der Waals surface area contributed by atoms with Gasteiger partial charge in [0, 0.05) is 17.1 Å². The van der Waals surface area contributed by atoms with Gasteiger partial charge in [-0.1, -0.05) is 6.07 Å². The number of hydrogen-bond donors (Lipinski definition) is 1. The quantitative estimate of drug-likeness (QED) is 0.848. The van der Waals surface area contributed by atoms with E-state index in [2.05, 4.69) is 4.98 Å². The molecule has 0 spiro atoms. The molecule has 0 aliphatic carbocycles. The molecule has 2 N–H and O–H groups in total. The topological polar surface area (TPSA) is 65.2 Å². The van der Waals surface area contributed by atoms with Gasteiger partial charge in [0.2, 0.25) is 0 Å². The maximum absolute atomic E-state index is 11.8. The molecule has 0 unspecified atom stereocenters. The molecule has 0 fully saturated rings. The summed E-state index contributed by atoms with van der Waals surface area (Å²) >= 11 is 1.32. The van der Waals surface area contributed by atoms with Crippen LogP contribution in [-0.4, -0.2) is 17.6 Å². The van der Waals surface area contributed by atoms with Gasteiger partial charge >= 0.3 is 5.97 Å². The summed E-state index contributed by atoms with van der Waals surface area (Å²) in [4.78, 5) is 16.0.